The third-order valence-corrected chi connectivity index (χ3v) is 1.89. The van der Waals surface area contributed by atoms with Crippen LogP contribution < -0.4 is 5.32 Å². The summed E-state index contributed by atoms with van der Waals surface area (Å²) in [6.07, 6.45) is -3.96. The smallest absolute Gasteiger partial charge is 0.348 e. The Morgan fingerprint density at radius 1 is 1.25 bits per heavy atom. The van der Waals surface area contributed by atoms with E-state index in [2.05, 4.69) is 10.3 Å². The van der Waals surface area contributed by atoms with E-state index in [1.807, 2.05) is 20.8 Å². The molecule has 0 aliphatic heterocycles. The summed E-state index contributed by atoms with van der Waals surface area (Å²) in [6, 6.07) is 0. The maximum Gasteiger partial charge on any atom is 0.392 e. The van der Waals surface area contributed by atoms with Gasteiger partial charge in [-0.25, -0.2) is 0 Å². The highest BCUT2D eigenvalue weighted by Gasteiger charge is 2.25. The molecule has 0 unspecified atom stereocenters. The molecule has 1 N–H and O–H groups in total. The molecule has 0 aliphatic carbocycles. The van der Waals surface area contributed by atoms with E-state index in [9.17, 15) is 13.2 Å². The highest BCUT2D eigenvalue weighted by Crippen LogP contribution is 2.21. The average Bonchev–Trinajstić information content (AvgIpc) is 2.07. The van der Waals surface area contributed by atoms with Gasteiger partial charge in [-0.2, -0.15) is 13.2 Å². The van der Waals surface area contributed by atoms with Crippen LogP contribution in [0.1, 0.15) is 34.1 Å². The van der Waals surface area contributed by atoms with E-state index in [0.717, 1.165) is 6.08 Å². The van der Waals surface area contributed by atoms with E-state index in [1.54, 1.807) is 14.0 Å². The first-order valence-electron chi connectivity index (χ1n) is 5.04. The quantitative estimate of drug-likeness (QED) is 0.576. The van der Waals surface area contributed by atoms with Gasteiger partial charge in [0.05, 0.1) is 6.42 Å². The maximum absolute atomic E-state index is 12.0. The van der Waals surface area contributed by atoms with Crippen molar-refractivity contribution in [3.05, 3.63) is 11.8 Å². The SMILES string of the molecule is CN=C(N/C(C)=C\CC(F)(F)F)C(C)(C)C. The van der Waals surface area contributed by atoms with Crippen molar-refractivity contribution in [2.45, 2.75) is 40.3 Å². The summed E-state index contributed by atoms with van der Waals surface area (Å²) < 4.78 is 35.9. The number of hydrogen-bond donors (Lipinski definition) is 1. The van der Waals surface area contributed by atoms with Crippen LogP contribution in [0.4, 0.5) is 13.2 Å². The first-order valence-corrected chi connectivity index (χ1v) is 5.04. The zero-order valence-corrected chi connectivity index (χ0v) is 10.4. The third kappa shape index (κ3) is 6.48. The fourth-order valence-corrected chi connectivity index (χ4v) is 1.09. The Morgan fingerprint density at radius 2 is 1.75 bits per heavy atom. The van der Waals surface area contributed by atoms with Crippen molar-refractivity contribution in [1.29, 1.82) is 0 Å². The first kappa shape index (κ1) is 15.0. The molecule has 0 radical (unpaired) electrons. The number of alkyl halides is 3. The Labute approximate surface area is 94.6 Å². The minimum atomic E-state index is -4.16. The Morgan fingerprint density at radius 3 is 2.06 bits per heavy atom. The third-order valence-electron chi connectivity index (χ3n) is 1.89. The zero-order chi connectivity index (χ0) is 13.0. The number of nitrogens with one attached hydrogen (secondary N) is 1. The van der Waals surface area contributed by atoms with Gasteiger partial charge in [0, 0.05) is 18.2 Å². The van der Waals surface area contributed by atoms with Crippen LogP contribution in [0.2, 0.25) is 0 Å². The Balaban J connectivity index is 4.50. The topological polar surface area (TPSA) is 24.4 Å². The average molecular weight is 236 g/mol. The molecule has 2 nitrogen and oxygen atoms in total. The first-order chi connectivity index (χ1) is 7.06. The molecule has 0 aromatic rings. The summed E-state index contributed by atoms with van der Waals surface area (Å²) in [7, 11) is 1.62. The van der Waals surface area contributed by atoms with E-state index in [4.69, 9.17) is 0 Å². The van der Waals surface area contributed by atoms with Crippen molar-refractivity contribution in [2.75, 3.05) is 7.05 Å². The molecule has 0 heterocycles. The van der Waals surface area contributed by atoms with Crippen molar-refractivity contribution >= 4 is 5.84 Å². The number of allylic oxidation sites excluding steroid dienone is 2. The van der Waals surface area contributed by atoms with Crippen LogP contribution in [0, 0.1) is 5.41 Å². The predicted molar refractivity (Wildman–Crippen MR) is 60.4 cm³/mol. The summed E-state index contributed by atoms with van der Waals surface area (Å²) in [4.78, 5) is 4.03. The van der Waals surface area contributed by atoms with Gasteiger partial charge in [0.2, 0.25) is 0 Å². The van der Waals surface area contributed by atoms with Crippen LogP contribution in [-0.2, 0) is 0 Å². The zero-order valence-electron chi connectivity index (χ0n) is 10.4. The molecule has 0 saturated heterocycles. The van der Waals surface area contributed by atoms with Crippen LogP contribution in [0.5, 0.6) is 0 Å². The molecule has 0 saturated carbocycles. The Bertz CT molecular complexity index is 283. The molecule has 16 heavy (non-hydrogen) atoms. The van der Waals surface area contributed by atoms with E-state index in [-0.39, 0.29) is 5.41 Å². The molecule has 0 rings (SSSR count). The molecule has 0 aliphatic rings. The van der Waals surface area contributed by atoms with Crippen molar-refractivity contribution in [3.63, 3.8) is 0 Å². The molecular formula is C11H19F3N2. The second-order valence-electron chi connectivity index (χ2n) is 4.65. The predicted octanol–water partition coefficient (Wildman–Crippen LogP) is 3.51. The van der Waals surface area contributed by atoms with Crippen LogP contribution in [-0.4, -0.2) is 19.1 Å². The van der Waals surface area contributed by atoms with Crippen LogP contribution in [0.3, 0.4) is 0 Å². The van der Waals surface area contributed by atoms with Gasteiger partial charge < -0.3 is 5.32 Å². The van der Waals surface area contributed by atoms with E-state index >= 15 is 0 Å². The minimum Gasteiger partial charge on any atom is -0.348 e. The van der Waals surface area contributed by atoms with Gasteiger partial charge in [-0.05, 0) is 6.92 Å². The summed E-state index contributed by atoms with van der Waals surface area (Å²) in [5, 5.41) is 2.89. The molecule has 94 valence electrons. The van der Waals surface area contributed by atoms with Crippen LogP contribution in [0.15, 0.2) is 16.8 Å². The fourth-order valence-electron chi connectivity index (χ4n) is 1.09. The lowest BCUT2D eigenvalue weighted by atomic mass is 9.94. The molecular weight excluding hydrogens is 217 g/mol. The van der Waals surface area contributed by atoms with Crippen LogP contribution in [0.25, 0.3) is 0 Å². The Kier molecular flexibility index (Phi) is 5.03. The number of amidine groups is 1. The van der Waals surface area contributed by atoms with E-state index < -0.39 is 12.6 Å². The molecule has 0 amide bonds. The molecule has 0 atom stereocenters. The minimum absolute atomic E-state index is 0.206. The fraction of sp³-hybridized carbons (Fsp3) is 0.727. The summed E-state index contributed by atoms with van der Waals surface area (Å²) in [5.74, 6) is 0.670. The molecule has 0 aromatic carbocycles. The van der Waals surface area contributed by atoms with Gasteiger partial charge in [0.15, 0.2) is 0 Å². The normalized spacial score (nSPS) is 15.2. The van der Waals surface area contributed by atoms with Gasteiger partial charge in [0.1, 0.15) is 5.84 Å². The standard InChI is InChI=1S/C11H19F3N2/c1-8(6-7-11(12,13)14)16-9(15-5)10(2,3)4/h6H,7H2,1-5H3,(H,15,16)/b8-6-. The van der Waals surface area contributed by atoms with Gasteiger partial charge >= 0.3 is 6.18 Å². The van der Waals surface area contributed by atoms with Crippen molar-refractivity contribution in [2.24, 2.45) is 10.4 Å². The van der Waals surface area contributed by atoms with Gasteiger partial charge in [-0.15, -0.1) is 0 Å². The largest absolute Gasteiger partial charge is 0.392 e. The lowest BCUT2D eigenvalue weighted by molar-refractivity contribution is -0.125. The monoisotopic (exact) mass is 236 g/mol. The maximum atomic E-state index is 12.0. The number of rotatable bonds is 2. The highest BCUT2D eigenvalue weighted by molar-refractivity contribution is 5.88. The van der Waals surface area contributed by atoms with Crippen LogP contribution >= 0.6 is 0 Å². The van der Waals surface area contributed by atoms with Crippen molar-refractivity contribution in [3.8, 4) is 0 Å². The lowest BCUT2D eigenvalue weighted by Crippen LogP contribution is -2.34. The molecule has 0 fully saturated rings. The van der Waals surface area contributed by atoms with Gasteiger partial charge in [-0.1, -0.05) is 26.8 Å². The molecule has 0 bridgehead atoms. The molecule has 0 aromatic heterocycles. The number of halogens is 3. The molecule has 5 heteroatoms. The second-order valence-corrected chi connectivity index (χ2v) is 4.65. The Hall–Kier alpha value is -1.00. The highest BCUT2D eigenvalue weighted by atomic mass is 19.4. The number of aliphatic imine (C=N–C) groups is 1. The second kappa shape index (κ2) is 5.37. The van der Waals surface area contributed by atoms with Gasteiger partial charge in [0.25, 0.3) is 0 Å². The number of nitrogens with zero attached hydrogens (tertiary/aromatic N) is 1. The van der Waals surface area contributed by atoms with Gasteiger partial charge in [-0.3, -0.25) is 4.99 Å². The summed E-state index contributed by atoms with van der Waals surface area (Å²) >= 11 is 0. The van der Waals surface area contributed by atoms with Crippen molar-refractivity contribution < 1.29 is 13.2 Å². The molecule has 0 spiro atoms. The summed E-state index contributed by atoms with van der Waals surface area (Å²) in [5.41, 5.74) is 0.259. The number of hydrogen-bond acceptors (Lipinski definition) is 1. The van der Waals surface area contributed by atoms with E-state index in [1.165, 1.54) is 0 Å². The summed E-state index contributed by atoms with van der Waals surface area (Å²) in [6.45, 7) is 7.43. The van der Waals surface area contributed by atoms with E-state index in [0.29, 0.717) is 11.5 Å². The van der Waals surface area contributed by atoms with Crippen molar-refractivity contribution in [1.82, 2.24) is 5.32 Å². The lowest BCUT2D eigenvalue weighted by Gasteiger charge is -2.22.